The van der Waals surface area contributed by atoms with Gasteiger partial charge in [-0.2, -0.15) is 0 Å². The fraction of sp³-hybridized carbons (Fsp3) is 0.0833. The minimum absolute atomic E-state index is 0.353. The Bertz CT molecular complexity index is 548. The van der Waals surface area contributed by atoms with Crippen LogP contribution in [0.1, 0.15) is 17.2 Å². The molecule has 0 bridgehead atoms. The largest absolute Gasteiger partial charge is 0.320 e. The number of hydrogen-bond donors (Lipinski definition) is 1. The van der Waals surface area contributed by atoms with Gasteiger partial charge in [0, 0.05) is 22.4 Å². The van der Waals surface area contributed by atoms with Gasteiger partial charge < -0.3 is 5.73 Å². The van der Waals surface area contributed by atoms with Crippen LogP contribution in [0.4, 0.5) is 4.39 Å². The molecular weight excluding hydrogens is 307 g/mol. The van der Waals surface area contributed by atoms with Gasteiger partial charge in [0.2, 0.25) is 0 Å². The van der Waals surface area contributed by atoms with E-state index in [2.05, 4.69) is 20.9 Å². The molecule has 2 N–H and O–H groups in total. The second-order valence-corrected chi connectivity index (χ2v) is 4.86. The predicted molar refractivity (Wildman–Crippen MR) is 69.4 cm³/mol. The minimum Gasteiger partial charge on any atom is -0.320 e. The van der Waals surface area contributed by atoms with E-state index < -0.39 is 6.04 Å². The third-order valence-electron chi connectivity index (χ3n) is 2.43. The molecule has 5 heteroatoms. The molecular formula is C12H9BrClFN2. The highest BCUT2D eigenvalue weighted by Gasteiger charge is 2.16. The zero-order chi connectivity index (χ0) is 12.4. The number of rotatable bonds is 2. The number of aromatic nitrogens is 1. The van der Waals surface area contributed by atoms with Gasteiger partial charge >= 0.3 is 0 Å². The summed E-state index contributed by atoms with van der Waals surface area (Å²) in [5.41, 5.74) is 7.06. The van der Waals surface area contributed by atoms with Gasteiger partial charge in [0.05, 0.1) is 11.1 Å². The second kappa shape index (κ2) is 5.12. The highest BCUT2D eigenvalue weighted by Crippen LogP contribution is 2.28. The molecule has 0 aliphatic heterocycles. The third-order valence-corrected chi connectivity index (χ3v) is 3.24. The van der Waals surface area contributed by atoms with E-state index >= 15 is 0 Å². The Balaban J connectivity index is 2.47. The van der Waals surface area contributed by atoms with Crippen LogP contribution in [0.15, 0.2) is 41.1 Å². The molecule has 0 aliphatic carbocycles. The first-order valence-corrected chi connectivity index (χ1v) is 6.06. The highest BCUT2D eigenvalue weighted by molar-refractivity contribution is 9.10. The first-order valence-electron chi connectivity index (χ1n) is 4.89. The summed E-state index contributed by atoms with van der Waals surface area (Å²) in [7, 11) is 0. The van der Waals surface area contributed by atoms with Crippen molar-refractivity contribution in [2.75, 3.05) is 0 Å². The van der Waals surface area contributed by atoms with Crippen LogP contribution in [-0.4, -0.2) is 4.98 Å². The number of halogens is 3. The molecule has 0 saturated heterocycles. The van der Waals surface area contributed by atoms with Crippen molar-refractivity contribution in [2.24, 2.45) is 5.73 Å². The van der Waals surface area contributed by atoms with Gasteiger partial charge in [0.25, 0.3) is 0 Å². The Kier molecular flexibility index (Phi) is 3.76. The molecule has 0 aliphatic rings. The van der Waals surface area contributed by atoms with E-state index in [0.717, 1.165) is 4.47 Å². The van der Waals surface area contributed by atoms with Crippen LogP contribution in [0.25, 0.3) is 0 Å². The van der Waals surface area contributed by atoms with Gasteiger partial charge in [-0.25, -0.2) is 4.39 Å². The average Bonchev–Trinajstić information content (AvgIpc) is 2.32. The molecule has 0 radical (unpaired) electrons. The molecule has 88 valence electrons. The number of nitrogens with zero attached hydrogens (tertiary/aromatic N) is 1. The van der Waals surface area contributed by atoms with Crippen LogP contribution in [0, 0.1) is 5.82 Å². The van der Waals surface area contributed by atoms with Crippen molar-refractivity contribution < 1.29 is 4.39 Å². The standard InChI is InChI=1S/C12H9BrClFN2/c13-7-1-2-11(15)9(5-7)12(16)8-3-4-17-6-10(8)14/h1-6,12H,16H2. The molecule has 0 amide bonds. The van der Waals surface area contributed by atoms with Crippen LogP contribution in [0.3, 0.4) is 0 Å². The Morgan fingerprint density at radius 3 is 2.76 bits per heavy atom. The molecule has 2 aromatic rings. The van der Waals surface area contributed by atoms with E-state index in [-0.39, 0.29) is 5.82 Å². The van der Waals surface area contributed by atoms with Gasteiger partial charge in [-0.1, -0.05) is 27.5 Å². The summed E-state index contributed by atoms with van der Waals surface area (Å²) in [6, 6.07) is 5.72. The van der Waals surface area contributed by atoms with E-state index in [1.165, 1.54) is 12.3 Å². The van der Waals surface area contributed by atoms with Crippen molar-refractivity contribution in [3.8, 4) is 0 Å². The van der Waals surface area contributed by atoms with E-state index in [4.69, 9.17) is 17.3 Å². The lowest BCUT2D eigenvalue weighted by Gasteiger charge is -2.14. The monoisotopic (exact) mass is 314 g/mol. The molecule has 17 heavy (non-hydrogen) atoms. The van der Waals surface area contributed by atoms with Crippen LogP contribution >= 0.6 is 27.5 Å². The van der Waals surface area contributed by atoms with Gasteiger partial charge in [-0.05, 0) is 29.8 Å². The molecule has 1 heterocycles. The fourth-order valence-corrected chi connectivity index (χ4v) is 2.17. The first-order chi connectivity index (χ1) is 8.09. The lowest BCUT2D eigenvalue weighted by atomic mass is 10.0. The molecule has 0 saturated carbocycles. The smallest absolute Gasteiger partial charge is 0.128 e. The number of nitrogens with two attached hydrogens (primary N) is 1. The van der Waals surface area contributed by atoms with Crippen molar-refractivity contribution in [1.82, 2.24) is 4.98 Å². The maximum absolute atomic E-state index is 13.7. The van der Waals surface area contributed by atoms with Crippen LogP contribution < -0.4 is 5.73 Å². The zero-order valence-electron chi connectivity index (χ0n) is 8.70. The van der Waals surface area contributed by atoms with E-state index in [1.807, 2.05) is 0 Å². The quantitative estimate of drug-likeness (QED) is 0.918. The molecule has 0 spiro atoms. The molecule has 2 rings (SSSR count). The molecule has 1 atom stereocenters. The summed E-state index contributed by atoms with van der Waals surface area (Å²) in [6.07, 6.45) is 3.07. The van der Waals surface area contributed by atoms with E-state index in [0.29, 0.717) is 16.1 Å². The SMILES string of the molecule is NC(c1cc(Br)ccc1F)c1ccncc1Cl. The van der Waals surface area contributed by atoms with Gasteiger partial charge in [-0.3, -0.25) is 4.98 Å². The van der Waals surface area contributed by atoms with Crippen LogP contribution in [0.5, 0.6) is 0 Å². The van der Waals surface area contributed by atoms with Crippen LogP contribution in [0.2, 0.25) is 5.02 Å². The minimum atomic E-state index is -0.608. The Labute approximate surface area is 112 Å². The molecule has 1 aromatic carbocycles. The maximum atomic E-state index is 13.7. The summed E-state index contributed by atoms with van der Waals surface area (Å²) in [5, 5.41) is 0.430. The Morgan fingerprint density at radius 2 is 2.06 bits per heavy atom. The molecule has 1 aromatic heterocycles. The first kappa shape index (κ1) is 12.5. The number of benzene rings is 1. The number of hydrogen-bond acceptors (Lipinski definition) is 2. The summed E-state index contributed by atoms with van der Waals surface area (Å²) >= 11 is 9.27. The topological polar surface area (TPSA) is 38.9 Å². The Morgan fingerprint density at radius 1 is 1.29 bits per heavy atom. The summed E-state index contributed by atoms with van der Waals surface area (Å²) in [6.45, 7) is 0. The zero-order valence-corrected chi connectivity index (χ0v) is 11.0. The average molecular weight is 316 g/mol. The fourth-order valence-electron chi connectivity index (χ4n) is 1.56. The summed E-state index contributed by atoms with van der Waals surface area (Å²) < 4.78 is 14.5. The Hall–Kier alpha value is -0.970. The highest BCUT2D eigenvalue weighted by atomic mass is 79.9. The van der Waals surface area contributed by atoms with E-state index in [9.17, 15) is 4.39 Å². The lowest BCUT2D eigenvalue weighted by molar-refractivity contribution is 0.599. The lowest BCUT2D eigenvalue weighted by Crippen LogP contribution is -2.14. The van der Waals surface area contributed by atoms with Crippen molar-refractivity contribution >= 4 is 27.5 Å². The maximum Gasteiger partial charge on any atom is 0.128 e. The summed E-state index contributed by atoms with van der Waals surface area (Å²) in [5.74, 6) is -0.353. The molecule has 2 nitrogen and oxygen atoms in total. The van der Waals surface area contributed by atoms with Crippen molar-refractivity contribution in [1.29, 1.82) is 0 Å². The number of pyridine rings is 1. The van der Waals surface area contributed by atoms with Crippen molar-refractivity contribution in [3.05, 3.63) is 63.1 Å². The normalized spacial score (nSPS) is 12.5. The predicted octanol–water partition coefficient (Wildman–Crippen LogP) is 3.68. The van der Waals surface area contributed by atoms with Gasteiger partial charge in [-0.15, -0.1) is 0 Å². The van der Waals surface area contributed by atoms with Crippen molar-refractivity contribution in [2.45, 2.75) is 6.04 Å². The van der Waals surface area contributed by atoms with Crippen LogP contribution in [-0.2, 0) is 0 Å². The third kappa shape index (κ3) is 2.65. The van der Waals surface area contributed by atoms with Crippen molar-refractivity contribution in [3.63, 3.8) is 0 Å². The van der Waals surface area contributed by atoms with E-state index in [1.54, 1.807) is 24.4 Å². The van der Waals surface area contributed by atoms with Gasteiger partial charge in [0.1, 0.15) is 5.82 Å². The molecule has 1 unspecified atom stereocenters. The molecule has 0 fully saturated rings. The second-order valence-electron chi connectivity index (χ2n) is 3.54. The van der Waals surface area contributed by atoms with Gasteiger partial charge in [0.15, 0.2) is 0 Å². The summed E-state index contributed by atoms with van der Waals surface area (Å²) in [4.78, 5) is 3.87.